The first kappa shape index (κ1) is 25.8. The number of rotatable bonds is 4. The molecular formula is C42H26N2S. The maximum atomic E-state index is 5.09. The first-order valence-corrected chi connectivity index (χ1v) is 16.0. The molecule has 0 N–H and O–H groups in total. The molecule has 2 heterocycles. The third-order valence-corrected chi connectivity index (χ3v) is 9.87. The summed E-state index contributed by atoms with van der Waals surface area (Å²) in [6.45, 7) is 0. The second-order valence-corrected chi connectivity index (χ2v) is 12.4. The Balaban J connectivity index is 1.24. The number of hydrogen-bond acceptors (Lipinski definition) is 3. The highest BCUT2D eigenvalue weighted by molar-refractivity contribution is 7.26. The smallest absolute Gasteiger partial charge is 0.160 e. The zero-order valence-corrected chi connectivity index (χ0v) is 25.1. The molecule has 9 rings (SSSR count). The Hall–Kier alpha value is -5.64. The molecule has 0 aliphatic heterocycles. The molecule has 0 spiro atoms. The lowest BCUT2D eigenvalue weighted by Crippen LogP contribution is -1.96. The Kier molecular flexibility index (Phi) is 6.03. The number of nitrogens with zero attached hydrogens (tertiary/aromatic N) is 2. The lowest BCUT2D eigenvalue weighted by molar-refractivity contribution is 1.18. The Bertz CT molecular complexity index is 2470. The SMILES string of the molecule is c1ccc(-c2cc(-c3ccccc3)nc(-c3cccc(-c4cccc5c4sc4ccc6ccc7ccccc7c6c45)c3)n2)cc1. The third-order valence-electron chi connectivity index (χ3n) is 8.67. The van der Waals surface area contributed by atoms with Crippen LogP contribution in [0.4, 0.5) is 0 Å². The van der Waals surface area contributed by atoms with E-state index in [4.69, 9.17) is 9.97 Å². The molecule has 2 aromatic heterocycles. The van der Waals surface area contributed by atoms with Gasteiger partial charge in [0.1, 0.15) is 0 Å². The van der Waals surface area contributed by atoms with Crippen molar-refractivity contribution >= 4 is 53.1 Å². The maximum Gasteiger partial charge on any atom is 0.160 e. The maximum absolute atomic E-state index is 5.09. The molecule has 0 atom stereocenters. The van der Waals surface area contributed by atoms with Crippen molar-refractivity contribution in [1.82, 2.24) is 9.97 Å². The van der Waals surface area contributed by atoms with Gasteiger partial charge in [0, 0.05) is 36.9 Å². The van der Waals surface area contributed by atoms with Crippen molar-refractivity contribution < 1.29 is 0 Å². The van der Waals surface area contributed by atoms with Crippen molar-refractivity contribution in [3.05, 3.63) is 158 Å². The monoisotopic (exact) mass is 590 g/mol. The lowest BCUT2D eigenvalue weighted by Gasteiger charge is -2.11. The van der Waals surface area contributed by atoms with Crippen LogP contribution in [0.3, 0.4) is 0 Å². The molecule has 0 bridgehead atoms. The molecule has 0 fully saturated rings. The van der Waals surface area contributed by atoms with Crippen LogP contribution in [0.5, 0.6) is 0 Å². The summed E-state index contributed by atoms with van der Waals surface area (Å²) in [5, 5.41) is 7.83. The van der Waals surface area contributed by atoms with Crippen molar-refractivity contribution in [2.75, 3.05) is 0 Å². The van der Waals surface area contributed by atoms with Crippen molar-refractivity contribution in [3.63, 3.8) is 0 Å². The van der Waals surface area contributed by atoms with Crippen LogP contribution in [0.25, 0.3) is 86.7 Å². The largest absolute Gasteiger partial charge is 0.228 e. The summed E-state index contributed by atoms with van der Waals surface area (Å²) in [4.78, 5) is 10.2. The highest BCUT2D eigenvalue weighted by atomic mass is 32.1. The summed E-state index contributed by atoms with van der Waals surface area (Å²) < 4.78 is 2.61. The van der Waals surface area contributed by atoms with Gasteiger partial charge in [-0.05, 0) is 50.9 Å². The molecule has 0 radical (unpaired) electrons. The molecule has 45 heavy (non-hydrogen) atoms. The van der Waals surface area contributed by atoms with Crippen molar-refractivity contribution in [3.8, 4) is 45.0 Å². The minimum atomic E-state index is 0.720. The van der Waals surface area contributed by atoms with Gasteiger partial charge in [-0.3, -0.25) is 0 Å². The van der Waals surface area contributed by atoms with E-state index >= 15 is 0 Å². The van der Waals surface area contributed by atoms with Crippen LogP contribution in [0, 0.1) is 0 Å². The Morgan fingerprint density at radius 1 is 0.400 bits per heavy atom. The molecule has 0 aliphatic carbocycles. The average Bonchev–Trinajstić information content (AvgIpc) is 3.51. The fourth-order valence-electron chi connectivity index (χ4n) is 6.53. The van der Waals surface area contributed by atoms with E-state index in [1.807, 2.05) is 23.5 Å². The third kappa shape index (κ3) is 4.40. The topological polar surface area (TPSA) is 25.8 Å². The molecule has 210 valence electrons. The lowest BCUT2D eigenvalue weighted by atomic mass is 9.96. The summed E-state index contributed by atoms with van der Waals surface area (Å²) in [6.07, 6.45) is 0. The standard InChI is InChI=1S/C42H26N2S/c1-3-12-28(13-4-1)36-26-37(29-14-5-2-6-15-29)44-42(43-36)32-17-9-16-31(25-32)34-19-10-20-35-40-38(45-41(34)35)24-23-30-22-21-27-11-7-8-18-33(27)39(30)40/h1-26H. The van der Waals surface area contributed by atoms with Crippen LogP contribution in [-0.2, 0) is 0 Å². The number of fused-ring (bicyclic) bond motifs is 7. The van der Waals surface area contributed by atoms with Gasteiger partial charge in [0.2, 0.25) is 0 Å². The first-order valence-electron chi connectivity index (χ1n) is 15.2. The number of thiophene rings is 1. The fraction of sp³-hybridized carbons (Fsp3) is 0. The Labute approximate surface area is 264 Å². The normalized spacial score (nSPS) is 11.6. The van der Waals surface area contributed by atoms with E-state index in [-0.39, 0.29) is 0 Å². The van der Waals surface area contributed by atoms with Gasteiger partial charge >= 0.3 is 0 Å². The van der Waals surface area contributed by atoms with Crippen LogP contribution >= 0.6 is 11.3 Å². The van der Waals surface area contributed by atoms with Gasteiger partial charge in [0.15, 0.2) is 5.82 Å². The summed E-state index contributed by atoms with van der Waals surface area (Å²) in [5.41, 5.74) is 7.36. The highest BCUT2D eigenvalue weighted by Gasteiger charge is 2.16. The zero-order valence-electron chi connectivity index (χ0n) is 24.3. The van der Waals surface area contributed by atoms with E-state index in [1.165, 1.54) is 47.3 Å². The average molecular weight is 591 g/mol. The molecular weight excluding hydrogens is 565 g/mol. The summed E-state index contributed by atoms with van der Waals surface area (Å²) in [7, 11) is 0. The molecule has 3 heteroatoms. The van der Waals surface area contributed by atoms with Crippen LogP contribution in [-0.4, -0.2) is 9.97 Å². The van der Waals surface area contributed by atoms with E-state index < -0.39 is 0 Å². The van der Waals surface area contributed by atoms with E-state index in [1.54, 1.807) is 0 Å². The molecule has 0 amide bonds. The van der Waals surface area contributed by atoms with E-state index in [9.17, 15) is 0 Å². The molecule has 0 aliphatic rings. The van der Waals surface area contributed by atoms with Gasteiger partial charge in [-0.15, -0.1) is 11.3 Å². The zero-order chi connectivity index (χ0) is 29.7. The summed E-state index contributed by atoms with van der Waals surface area (Å²) in [6, 6.07) is 55.9. The van der Waals surface area contributed by atoms with Gasteiger partial charge in [-0.2, -0.15) is 0 Å². The van der Waals surface area contributed by atoms with Gasteiger partial charge in [0.25, 0.3) is 0 Å². The van der Waals surface area contributed by atoms with Crippen LogP contribution < -0.4 is 0 Å². The van der Waals surface area contributed by atoms with Crippen molar-refractivity contribution in [2.24, 2.45) is 0 Å². The fourth-order valence-corrected chi connectivity index (χ4v) is 7.77. The molecule has 9 aromatic rings. The van der Waals surface area contributed by atoms with E-state index in [0.717, 1.165) is 39.5 Å². The molecule has 7 aromatic carbocycles. The van der Waals surface area contributed by atoms with Gasteiger partial charge in [-0.25, -0.2) is 9.97 Å². The predicted octanol–water partition coefficient (Wildman–Crippen LogP) is 11.8. The quantitative estimate of drug-likeness (QED) is 0.191. The Morgan fingerprint density at radius 2 is 1.00 bits per heavy atom. The minimum absolute atomic E-state index is 0.720. The number of hydrogen-bond donors (Lipinski definition) is 0. The van der Waals surface area contributed by atoms with E-state index in [0.29, 0.717) is 0 Å². The van der Waals surface area contributed by atoms with Crippen LogP contribution in [0.15, 0.2) is 158 Å². The van der Waals surface area contributed by atoms with E-state index in [2.05, 4.69) is 146 Å². The number of aromatic nitrogens is 2. The first-order chi connectivity index (χ1) is 22.3. The minimum Gasteiger partial charge on any atom is -0.228 e. The summed E-state index contributed by atoms with van der Waals surface area (Å²) >= 11 is 1.88. The van der Waals surface area contributed by atoms with Gasteiger partial charge < -0.3 is 0 Å². The second kappa shape index (κ2) is 10.5. The predicted molar refractivity (Wildman–Crippen MR) is 192 cm³/mol. The molecule has 0 saturated carbocycles. The molecule has 0 saturated heterocycles. The van der Waals surface area contributed by atoms with Gasteiger partial charge in [0.05, 0.1) is 11.4 Å². The molecule has 0 unspecified atom stereocenters. The number of benzene rings is 7. The van der Waals surface area contributed by atoms with Crippen LogP contribution in [0.1, 0.15) is 0 Å². The van der Waals surface area contributed by atoms with Crippen LogP contribution in [0.2, 0.25) is 0 Å². The van der Waals surface area contributed by atoms with Crippen molar-refractivity contribution in [2.45, 2.75) is 0 Å². The van der Waals surface area contributed by atoms with Crippen molar-refractivity contribution in [1.29, 1.82) is 0 Å². The highest BCUT2D eigenvalue weighted by Crippen LogP contribution is 2.44. The Morgan fingerprint density at radius 3 is 1.78 bits per heavy atom. The second-order valence-electron chi connectivity index (χ2n) is 11.4. The molecule has 2 nitrogen and oxygen atoms in total. The van der Waals surface area contributed by atoms with Gasteiger partial charge in [-0.1, -0.05) is 140 Å². The summed E-state index contributed by atoms with van der Waals surface area (Å²) in [5.74, 6) is 0.720.